The predicted octanol–water partition coefficient (Wildman–Crippen LogP) is 3.41. The highest BCUT2D eigenvalue weighted by Crippen LogP contribution is 2.15. The van der Waals surface area contributed by atoms with Crippen LogP contribution in [0, 0.1) is 6.92 Å². The molecule has 0 aliphatic heterocycles. The summed E-state index contributed by atoms with van der Waals surface area (Å²) in [5.41, 5.74) is 4.70. The van der Waals surface area contributed by atoms with Gasteiger partial charge >= 0.3 is 0 Å². The molecule has 1 amide bonds. The van der Waals surface area contributed by atoms with Crippen LogP contribution in [0.3, 0.4) is 0 Å². The maximum Gasteiger partial charge on any atom is 0.207 e. The number of benzene rings is 2. The molecule has 96 valence electrons. The van der Waals surface area contributed by atoms with Gasteiger partial charge in [0.15, 0.2) is 0 Å². The fourth-order valence-electron chi connectivity index (χ4n) is 1.96. The predicted molar refractivity (Wildman–Crippen MR) is 79.5 cm³/mol. The fourth-order valence-corrected chi connectivity index (χ4v) is 1.96. The molecule has 0 aromatic heterocycles. The van der Waals surface area contributed by atoms with Gasteiger partial charge in [0.2, 0.25) is 6.41 Å². The molecule has 0 heterocycles. The average molecular weight is 251 g/mol. The van der Waals surface area contributed by atoms with Crippen molar-refractivity contribution in [2.75, 3.05) is 0 Å². The standard InChI is InChI=1S/C17H17NO/c1-14-6-2-3-7-15(14)10-11-16-8-4-5-9-17(16)12-18-13-19/h2-11,13H,12H2,1H3,(H,18,19)/b11-10-. The van der Waals surface area contributed by atoms with Gasteiger partial charge in [-0.2, -0.15) is 0 Å². The third-order valence-electron chi connectivity index (χ3n) is 3.06. The number of rotatable bonds is 5. The molecule has 0 saturated heterocycles. The summed E-state index contributed by atoms with van der Waals surface area (Å²) in [6.45, 7) is 2.65. The monoisotopic (exact) mass is 251 g/mol. The van der Waals surface area contributed by atoms with Crippen LogP contribution in [0.2, 0.25) is 0 Å². The van der Waals surface area contributed by atoms with Crippen molar-refractivity contribution in [1.29, 1.82) is 0 Å². The highest BCUT2D eigenvalue weighted by molar-refractivity contribution is 5.72. The zero-order valence-electron chi connectivity index (χ0n) is 11.0. The minimum Gasteiger partial charge on any atom is -0.355 e. The number of hydrogen-bond acceptors (Lipinski definition) is 1. The highest BCUT2D eigenvalue weighted by Gasteiger charge is 1.98. The van der Waals surface area contributed by atoms with Gasteiger partial charge in [-0.05, 0) is 29.2 Å². The van der Waals surface area contributed by atoms with Crippen LogP contribution in [0.5, 0.6) is 0 Å². The van der Waals surface area contributed by atoms with Gasteiger partial charge in [-0.1, -0.05) is 60.7 Å². The summed E-state index contributed by atoms with van der Waals surface area (Å²) in [5, 5.41) is 2.70. The van der Waals surface area contributed by atoms with Crippen LogP contribution >= 0.6 is 0 Å². The van der Waals surface area contributed by atoms with E-state index in [2.05, 4.69) is 42.6 Å². The summed E-state index contributed by atoms with van der Waals surface area (Å²) in [4.78, 5) is 10.4. The maximum atomic E-state index is 10.4. The summed E-state index contributed by atoms with van der Waals surface area (Å²) >= 11 is 0. The number of aryl methyl sites for hydroxylation is 1. The molecule has 0 radical (unpaired) electrons. The fraction of sp³-hybridized carbons (Fsp3) is 0.118. The van der Waals surface area contributed by atoms with Crippen LogP contribution in [0.4, 0.5) is 0 Å². The van der Waals surface area contributed by atoms with E-state index in [1.165, 1.54) is 11.1 Å². The van der Waals surface area contributed by atoms with Gasteiger partial charge in [0, 0.05) is 6.54 Å². The number of carbonyl (C=O) groups is 1. The van der Waals surface area contributed by atoms with Crippen molar-refractivity contribution in [3.05, 3.63) is 70.8 Å². The van der Waals surface area contributed by atoms with E-state index in [1.807, 2.05) is 30.3 Å². The molecular weight excluding hydrogens is 234 g/mol. The van der Waals surface area contributed by atoms with E-state index in [-0.39, 0.29) is 0 Å². The second-order valence-electron chi connectivity index (χ2n) is 4.39. The van der Waals surface area contributed by atoms with Crippen molar-refractivity contribution in [3.8, 4) is 0 Å². The molecule has 0 saturated carbocycles. The van der Waals surface area contributed by atoms with Gasteiger partial charge < -0.3 is 5.32 Å². The molecule has 2 aromatic rings. The van der Waals surface area contributed by atoms with E-state index < -0.39 is 0 Å². The lowest BCUT2D eigenvalue weighted by Gasteiger charge is -2.05. The molecule has 0 fully saturated rings. The molecule has 0 aliphatic rings. The molecule has 2 rings (SSSR count). The minimum absolute atomic E-state index is 0.553. The molecule has 0 aliphatic carbocycles. The number of hydrogen-bond donors (Lipinski definition) is 1. The maximum absolute atomic E-state index is 10.4. The molecule has 2 nitrogen and oxygen atoms in total. The van der Waals surface area contributed by atoms with Crippen LogP contribution in [0.25, 0.3) is 12.2 Å². The van der Waals surface area contributed by atoms with Gasteiger partial charge in [0.05, 0.1) is 0 Å². The molecule has 19 heavy (non-hydrogen) atoms. The minimum atomic E-state index is 0.553. The highest BCUT2D eigenvalue weighted by atomic mass is 16.1. The van der Waals surface area contributed by atoms with Gasteiger partial charge in [-0.3, -0.25) is 4.79 Å². The van der Waals surface area contributed by atoms with Gasteiger partial charge in [-0.15, -0.1) is 0 Å². The smallest absolute Gasteiger partial charge is 0.207 e. The molecule has 0 unspecified atom stereocenters. The molecule has 2 aromatic carbocycles. The van der Waals surface area contributed by atoms with Crippen LogP contribution in [-0.2, 0) is 11.3 Å². The quantitative estimate of drug-likeness (QED) is 0.640. The zero-order valence-corrected chi connectivity index (χ0v) is 11.0. The van der Waals surface area contributed by atoms with E-state index in [1.54, 1.807) is 0 Å². The third-order valence-corrected chi connectivity index (χ3v) is 3.06. The topological polar surface area (TPSA) is 29.1 Å². The summed E-state index contributed by atoms with van der Waals surface area (Å²) in [7, 11) is 0. The molecule has 2 heteroatoms. The Morgan fingerprint density at radius 2 is 1.58 bits per heavy atom. The van der Waals surface area contributed by atoms with Crippen molar-refractivity contribution >= 4 is 18.6 Å². The first-order valence-electron chi connectivity index (χ1n) is 6.30. The first kappa shape index (κ1) is 13.1. The van der Waals surface area contributed by atoms with Gasteiger partial charge in [0.1, 0.15) is 0 Å². The zero-order chi connectivity index (χ0) is 13.5. The second-order valence-corrected chi connectivity index (χ2v) is 4.39. The Labute approximate surface area is 113 Å². The lowest BCUT2D eigenvalue weighted by molar-refractivity contribution is -0.109. The average Bonchev–Trinajstić information content (AvgIpc) is 2.45. The Morgan fingerprint density at radius 3 is 2.32 bits per heavy atom. The number of carbonyl (C=O) groups excluding carboxylic acids is 1. The second kappa shape index (κ2) is 6.55. The molecule has 1 N–H and O–H groups in total. The Morgan fingerprint density at radius 1 is 0.947 bits per heavy atom. The Kier molecular flexibility index (Phi) is 4.51. The Bertz CT molecular complexity index is 587. The van der Waals surface area contributed by atoms with Crippen LogP contribution in [-0.4, -0.2) is 6.41 Å². The normalized spacial score (nSPS) is 10.6. The van der Waals surface area contributed by atoms with Crippen LogP contribution < -0.4 is 5.32 Å². The van der Waals surface area contributed by atoms with Crippen molar-refractivity contribution in [2.24, 2.45) is 0 Å². The Balaban J connectivity index is 2.23. The Hall–Kier alpha value is -2.35. The summed E-state index contributed by atoms with van der Waals surface area (Å²) in [6, 6.07) is 16.3. The molecule has 0 atom stereocenters. The van der Waals surface area contributed by atoms with Gasteiger partial charge in [-0.25, -0.2) is 0 Å². The van der Waals surface area contributed by atoms with Crippen molar-refractivity contribution in [3.63, 3.8) is 0 Å². The SMILES string of the molecule is Cc1ccccc1/C=C\c1ccccc1CNC=O. The summed E-state index contributed by atoms with van der Waals surface area (Å²) in [6.07, 6.45) is 4.92. The number of amides is 1. The van der Waals surface area contributed by atoms with Crippen molar-refractivity contribution in [2.45, 2.75) is 13.5 Å². The van der Waals surface area contributed by atoms with E-state index in [9.17, 15) is 4.79 Å². The number of nitrogens with one attached hydrogen (secondary N) is 1. The van der Waals surface area contributed by atoms with E-state index in [0.29, 0.717) is 6.54 Å². The third kappa shape index (κ3) is 3.55. The summed E-state index contributed by atoms with van der Waals surface area (Å²) < 4.78 is 0. The largest absolute Gasteiger partial charge is 0.355 e. The van der Waals surface area contributed by atoms with E-state index >= 15 is 0 Å². The first-order chi connectivity index (χ1) is 9.31. The molecule has 0 spiro atoms. The van der Waals surface area contributed by atoms with Crippen molar-refractivity contribution in [1.82, 2.24) is 5.32 Å². The van der Waals surface area contributed by atoms with Crippen LogP contribution in [0.15, 0.2) is 48.5 Å². The summed E-state index contributed by atoms with van der Waals surface area (Å²) in [5.74, 6) is 0. The lowest BCUT2D eigenvalue weighted by Crippen LogP contribution is -2.10. The van der Waals surface area contributed by atoms with Crippen molar-refractivity contribution < 1.29 is 4.79 Å². The first-order valence-corrected chi connectivity index (χ1v) is 6.30. The van der Waals surface area contributed by atoms with Gasteiger partial charge in [0.25, 0.3) is 0 Å². The molecule has 0 bridgehead atoms. The van der Waals surface area contributed by atoms with Crippen LogP contribution in [0.1, 0.15) is 22.3 Å². The van der Waals surface area contributed by atoms with E-state index in [4.69, 9.17) is 0 Å². The van der Waals surface area contributed by atoms with E-state index in [0.717, 1.165) is 17.5 Å². The molecular formula is C17H17NO. The lowest BCUT2D eigenvalue weighted by atomic mass is 10.0.